The molecule has 0 unspecified atom stereocenters. The van der Waals surface area contributed by atoms with Crippen LogP contribution in [0.15, 0.2) is 0 Å². The number of halogens is 3. The highest BCUT2D eigenvalue weighted by Crippen LogP contribution is 2.11. The highest BCUT2D eigenvalue weighted by molar-refractivity contribution is 7.98. The summed E-state index contributed by atoms with van der Waals surface area (Å²) in [6.07, 6.45) is -1.81. The molecule has 0 saturated heterocycles. The minimum absolute atomic E-state index is 1.08. The van der Waals surface area contributed by atoms with E-state index < -0.39 is 12.1 Å². The van der Waals surface area contributed by atoms with Crippen LogP contribution in [0.4, 0.5) is 13.2 Å². The maximum absolute atomic E-state index is 10.5. The zero-order valence-electron chi connectivity index (χ0n) is 7.19. The number of carboxylic acids is 1. The molecule has 0 rings (SSSR count). The molecule has 0 aliphatic heterocycles. The number of hydrogen-bond donors (Lipinski definition) is 1. The number of hydrogen-bond acceptors (Lipinski definition) is 3. The predicted octanol–water partition coefficient (Wildman–Crippen LogP) is -0.720. The first kappa shape index (κ1) is 15.1. The Bertz CT molecular complexity index is 136. The molecule has 0 amide bonds. The highest BCUT2D eigenvalue weighted by atomic mass is 32.2. The quantitative estimate of drug-likeness (QED) is 0.637. The van der Waals surface area contributed by atoms with E-state index in [9.17, 15) is 13.2 Å². The van der Waals surface area contributed by atoms with Crippen molar-refractivity contribution in [3.05, 3.63) is 0 Å². The summed E-state index contributed by atoms with van der Waals surface area (Å²) in [5.41, 5.74) is 3.71. The number of carboxylic acid groups (broad SMARTS) is 1. The van der Waals surface area contributed by atoms with Crippen LogP contribution in [0.25, 0.3) is 0 Å². The van der Waals surface area contributed by atoms with Crippen molar-refractivity contribution in [3.8, 4) is 0 Å². The Kier molecular flexibility index (Phi) is 9.48. The summed E-state index contributed by atoms with van der Waals surface area (Å²) >= 11 is 1.89. The van der Waals surface area contributed by atoms with E-state index in [1.54, 1.807) is 0 Å². The van der Waals surface area contributed by atoms with Crippen LogP contribution in [0.3, 0.4) is 0 Å². The molecule has 3 nitrogen and oxygen atoms in total. The van der Waals surface area contributed by atoms with Crippen molar-refractivity contribution in [3.63, 3.8) is 0 Å². The first-order valence-electron chi connectivity index (χ1n) is 3.42. The molecule has 0 radical (unpaired) electrons. The molecular formula is C6H12F3NO2S. The number of thioether (sulfide) groups is 1. The highest BCUT2D eigenvalue weighted by Gasteiger charge is 2.28. The average molecular weight is 219 g/mol. The lowest BCUT2D eigenvalue weighted by molar-refractivity contribution is -0.367. The van der Waals surface area contributed by atoms with Gasteiger partial charge in [-0.05, 0) is 12.0 Å². The van der Waals surface area contributed by atoms with Gasteiger partial charge in [-0.1, -0.05) is 0 Å². The van der Waals surface area contributed by atoms with Gasteiger partial charge in [-0.2, -0.15) is 24.9 Å². The Morgan fingerprint density at radius 2 is 1.92 bits per heavy atom. The van der Waals surface area contributed by atoms with Crippen LogP contribution in [0.1, 0.15) is 6.42 Å². The number of alkyl halides is 3. The van der Waals surface area contributed by atoms with Crippen LogP contribution in [0.2, 0.25) is 0 Å². The molecule has 0 aliphatic rings. The second-order valence-electron chi connectivity index (χ2n) is 1.99. The van der Waals surface area contributed by atoms with Crippen LogP contribution in [0, 0.1) is 0 Å². The predicted molar refractivity (Wildman–Crippen MR) is 41.8 cm³/mol. The largest absolute Gasteiger partial charge is 0.542 e. The number of carbonyl (C=O) groups is 1. The summed E-state index contributed by atoms with van der Waals surface area (Å²) in [6, 6.07) is 0. The number of aliphatic carboxylic acids is 1. The van der Waals surface area contributed by atoms with E-state index in [0.29, 0.717) is 0 Å². The van der Waals surface area contributed by atoms with Crippen LogP contribution in [-0.4, -0.2) is 30.7 Å². The minimum atomic E-state index is -5.19. The van der Waals surface area contributed by atoms with Gasteiger partial charge in [0.2, 0.25) is 0 Å². The Labute approximate surface area is 78.5 Å². The molecule has 0 fully saturated rings. The molecule has 0 saturated carbocycles. The smallest absolute Gasteiger partial charge is 0.430 e. The van der Waals surface area contributed by atoms with Gasteiger partial charge in [-0.3, -0.25) is 0 Å². The van der Waals surface area contributed by atoms with Crippen LogP contribution in [-0.2, 0) is 4.79 Å². The third kappa shape index (κ3) is 14.4. The molecule has 0 heterocycles. The van der Waals surface area contributed by atoms with Gasteiger partial charge in [0.25, 0.3) is 0 Å². The van der Waals surface area contributed by atoms with Gasteiger partial charge >= 0.3 is 6.18 Å². The molecule has 0 aromatic carbocycles. The SMILES string of the molecule is CSCCC[NH3+].O=C([O-])C(F)(F)F. The third-order valence-corrected chi connectivity index (χ3v) is 1.53. The van der Waals surface area contributed by atoms with Crippen molar-refractivity contribution in [2.75, 3.05) is 18.6 Å². The van der Waals surface area contributed by atoms with Crippen LogP contribution in [0.5, 0.6) is 0 Å². The number of rotatable bonds is 3. The fourth-order valence-corrected chi connectivity index (χ4v) is 0.739. The van der Waals surface area contributed by atoms with E-state index in [4.69, 9.17) is 9.90 Å². The van der Waals surface area contributed by atoms with Crippen LogP contribution < -0.4 is 10.8 Å². The summed E-state index contributed by atoms with van der Waals surface area (Å²) in [4.78, 5) is 8.78. The monoisotopic (exact) mass is 219 g/mol. The fraction of sp³-hybridized carbons (Fsp3) is 0.833. The molecule has 0 aliphatic carbocycles. The van der Waals surface area contributed by atoms with Gasteiger partial charge < -0.3 is 15.6 Å². The molecule has 3 N–H and O–H groups in total. The third-order valence-electron chi connectivity index (χ3n) is 0.830. The molecule has 80 valence electrons. The van der Waals surface area contributed by atoms with Crippen molar-refractivity contribution >= 4 is 17.7 Å². The van der Waals surface area contributed by atoms with E-state index in [1.807, 2.05) is 11.8 Å². The lowest BCUT2D eigenvalue weighted by atomic mass is 10.5. The van der Waals surface area contributed by atoms with E-state index in [-0.39, 0.29) is 0 Å². The maximum Gasteiger partial charge on any atom is 0.430 e. The van der Waals surface area contributed by atoms with Crippen molar-refractivity contribution in [1.82, 2.24) is 0 Å². The average Bonchev–Trinajstić information content (AvgIpc) is 2.00. The Morgan fingerprint density at radius 1 is 1.54 bits per heavy atom. The molecule has 0 atom stereocenters. The topological polar surface area (TPSA) is 67.8 Å². The minimum Gasteiger partial charge on any atom is -0.542 e. The second-order valence-corrected chi connectivity index (χ2v) is 2.97. The maximum atomic E-state index is 10.5. The standard InChI is InChI=1S/C4H11NS.C2HF3O2/c1-6-4-2-3-5;3-2(4,5)1(6)7/h2-5H2,1H3;(H,6,7). The summed E-state index contributed by atoms with van der Waals surface area (Å²) in [5.74, 6) is -1.74. The molecular weight excluding hydrogens is 207 g/mol. The lowest BCUT2D eigenvalue weighted by Gasteiger charge is -2.03. The summed E-state index contributed by atoms with van der Waals surface area (Å²) in [5, 5.41) is 8.78. The van der Waals surface area contributed by atoms with Gasteiger partial charge in [-0.15, -0.1) is 0 Å². The Hall–Kier alpha value is -0.430. The van der Waals surface area contributed by atoms with Crippen molar-refractivity contribution in [2.45, 2.75) is 12.6 Å². The summed E-state index contributed by atoms with van der Waals surface area (Å²) in [6.45, 7) is 1.08. The Morgan fingerprint density at radius 3 is 2.00 bits per heavy atom. The fourth-order valence-electron chi connectivity index (χ4n) is 0.246. The first-order valence-corrected chi connectivity index (χ1v) is 4.82. The summed E-state index contributed by atoms with van der Waals surface area (Å²) in [7, 11) is 0. The first-order chi connectivity index (χ1) is 5.86. The zero-order chi connectivity index (χ0) is 10.9. The van der Waals surface area contributed by atoms with E-state index in [1.165, 1.54) is 12.2 Å². The van der Waals surface area contributed by atoms with Gasteiger partial charge in [-0.25, -0.2) is 0 Å². The molecule has 7 heteroatoms. The number of quaternary nitrogens is 1. The van der Waals surface area contributed by atoms with Gasteiger partial charge in [0.1, 0.15) is 5.97 Å². The van der Waals surface area contributed by atoms with Gasteiger partial charge in [0, 0.05) is 6.42 Å². The second kappa shape index (κ2) is 8.18. The van der Waals surface area contributed by atoms with Crippen LogP contribution >= 0.6 is 11.8 Å². The Balaban J connectivity index is 0. The zero-order valence-corrected chi connectivity index (χ0v) is 8.00. The van der Waals surface area contributed by atoms with Crippen molar-refractivity contribution in [2.24, 2.45) is 0 Å². The van der Waals surface area contributed by atoms with E-state index in [0.717, 1.165) is 6.54 Å². The molecule has 0 aromatic heterocycles. The molecule has 0 bridgehead atoms. The molecule has 0 aromatic rings. The van der Waals surface area contributed by atoms with Gasteiger partial charge in [0.15, 0.2) is 0 Å². The normalized spacial score (nSPS) is 10.2. The van der Waals surface area contributed by atoms with Gasteiger partial charge in [0.05, 0.1) is 6.54 Å². The molecule has 0 spiro atoms. The van der Waals surface area contributed by atoms with Crippen molar-refractivity contribution in [1.29, 1.82) is 0 Å². The van der Waals surface area contributed by atoms with E-state index in [2.05, 4.69) is 12.0 Å². The van der Waals surface area contributed by atoms with E-state index >= 15 is 0 Å². The number of carbonyl (C=O) groups excluding carboxylic acids is 1. The summed E-state index contributed by atoms with van der Waals surface area (Å²) < 4.78 is 31.5. The molecule has 13 heavy (non-hydrogen) atoms. The van der Waals surface area contributed by atoms with Crippen molar-refractivity contribution < 1.29 is 28.8 Å². The lowest BCUT2D eigenvalue weighted by Crippen LogP contribution is -2.50.